The van der Waals surface area contributed by atoms with Crippen molar-refractivity contribution in [2.45, 2.75) is 27.2 Å². The highest BCUT2D eigenvalue weighted by molar-refractivity contribution is 5.82. The summed E-state index contributed by atoms with van der Waals surface area (Å²) in [6.45, 7) is 6.35. The third kappa shape index (κ3) is 3.71. The van der Waals surface area contributed by atoms with E-state index in [9.17, 15) is 20.2 Å². The van der Waals surface area contributed by atoms with Crippen LogP contribution >= 0.6 is 0 Å². The standard InChI is InChI=1S/C15H18N4O4/c1-10-6-11(15(2,3)8-10)9-16-17-13-5-4-12(18(20)21)7-14(13)19(22)23/h4-7,9-10,17H,8H2,1-3H3. The molecule has 1 aromatic carbocycles. The number of benzene rings is 1. The maximum Gasteiger partial charge on any atom is 0.301 e. The predicted molar refractivity (Wildman–Crippen MR) is 87.5 cm³/mol. The van der Waals surface area contributed by atoms with Gasteiger partial charge in [0, 0.05) is 6.07 Å². The zero-order valence-corrected chi connectivity index (χ0v) is 13.1. The molecule has 2 rings (SSSR count). The summed E-state index contributed by atoms with van der Waals surface area (Å²) in [5.74, 6) is 0.458. The molecule has 1 N–H and O–H groups in total. The second-order valence-electron chi connectivity index (χ2n) is 6.27. The first-order valence-corrected chi connectivity index (χ1v) is 7.15. The molecule has 1 aliphatic rings. The molecule has 1 aromatic rings. The van der Waals surface area contributed by atoms with E-state index in [1.54, 1.807) is 6.21 Å². The van der Waals surface area contributed by atoms with Gasteiger partial charge in [-0.3, -0.25) is 25.7 Å². The lowest BCUT2D eigenvalue weighted by molar-refractivity contribution is -0.393. The van der Waals surface area contributed by atoms with Crippen LogP contribution in [-0.2, 0) is 0 Å². The Labute approximate surface area is 133 Å². The number of hydrogen-bond donors (Lipinski definition) is 1. The zero-order valence-electron chi connectivity index (χ0n) is 13.1. The van der Waals surface area contributed by atoms with Crippen LogP contribution in [0.15, 0.2) is 34.9 Å². The summed E-state index contributed by atoms with van der Waals surface area (Å²) in [5, 5.41) is 25.8. The Morgan fingerprint density at radius 2 is 2.00 bits per heavy atom. The number of hydrogen-bond acceptors (Lipinski definition) is 6. The van der Waals surface area contributed by atoms with Crippen LogP contribution in [-0.4, -0.2) is 16.1 Å². The molecule has 0 spiro atoms. The second-order valence-corrected chi connectivity index (χ2v) is 6.27. The molecular formula is C15H18N4O4. The van der Waals surface area contributed by atoms with Gasteiger partial charge in [-0.1, -0.05) is 26.8 Å². The van der Waals surface area contributed by atoms with Crippen LogP contribution in [0.2, 0.25) is 0 Å². The summed E-state index contributed by atoms with van der Waals surface area (Å²) >= 11 is 0. The Bertz CT molecular complexity index is 709. The van der Waals surface area contributed by atoms with Gasteiger partial charge in [0.25, 0.3) is 5.69 Å². The predicted octanol–water partition coefficient (Wildman–Crippen LogP) is 3.89. The molecule has 0 bridgehead atoms. The molecule has 0 heterocycles. The molecule has 0 fully saturated rings. The summed E-state index contributed by atoms with van der Waals surface area (Å²) < 4.78 is 0. The van der Waals surface area contributed by atoms with Gasteiger partial charge in [0.1, 0.15) is 5.69 Å². The summed E-state index contributed by atoms with van der Waals surface area (Å²) in [6, 6.07) is 3.40. The molecule has 1 unspecified atom stereocenters. The number of non-ortho nitro benzene ring substituents is 1. The third-order valence-corrected chi connectivity index (χ3v) is 3.86. The van der Waals surface area contributed by atoms with E-state index in [1.807, 2.05) is 0 Å². The summed E-state index contributed by atoms with van der Waals surface area (Å²) in [4.78, 5) is 20.4. The van der Waals surface area contributed by atoms with Gasteiger partial charge in [0.2, 0.25) is 0 Å². The van der Waals surface area contributed by atoms with Gasteiger partial charge in [-0.05, 0) is 29.4 Å². The number of anilines is 1. The van der Waals surface area contributed by atoms with Crippen molar-refractivity contribution in [1.29, 1.82) is 0 Å². The SMILES string of the molecule is CC1C=C(C=NNc2ccc([N+](=O)[O-])cc2[N+](=O)[O-])C(C)(C)C1. The van der Waals surface area contributed by atoms with Crippen LogP contribution in [0.1, 0.15) is 27.2 Å². The van der Waals surface area contributed by atoms with E-state index in [2.05, 4.69) is 37.4 Å². The highest BCUT2D eigenvalue weighted by Crippen LogP contribution is 2.40. The molecule has 23 heavy (non-hydrogen) atoms. The summed E-state index contributed by atoms with van der Waals surface area (Å²) in [5.41, 5.74) is 3.06. The first-order chi connectivity index (χ1) is 10.7. The van der Waals surface area contributed by atoms with Crippen LogP contribution < -0.4 is 5.43 Å². The van der Waals surface area contributed by atoms with Gasteiger partial charge >= 0.3 is 5.69 Å². The van der Waals surface area contributed by atoms with Crippen LogP contribution in [0.25, 0.3) is 0 Å². The molecule has 0 radical (unpaired) electrons. The maximum atomic E-state index is 11.0. The molecule has 0 saturated heterocycles. The molecule has 0 saturated carbocycles. The normalized spacial score (nSPS) is 19.6. The molecule has 1 atom stereocenters. The summed E-state index contributed by atoms with van der Waals surface area (Å²) in [6.07, 6.45) is 4.79. The van der Waals surface area contributed by atoms with Crippen molar-refractivity contribution in [2.75, 3.05) is 5.43 Å². The van der Waals surface area contributed by atoms with Crippen molar-refractivity contribution < 1.29 is 9.85 Å². The maximum absolute atomic E-state index is 11.0. The fraction of sp³-hybridized carbons (Fsp3) is 0.400. The average molecular weight is 318 g/mol. The lowest BCUT2D eigenvalue weighted by atomic mass is 9.85. The van der Waals surface area contributed by atoms with Crippen molar-refractivity contribution in [1.82, 2.24) is 0 Å². The number of nitrogens with zero attached hydrogens (tertiary/aromatic N) is 3. The number of nitro benzene ring substituents is 2. The van der Waals surface area contributed by atoms with Gasteiger partial charge in [-0.25, -0.2) is 0 Å². The lowest BCUT2D eigenvalue weighted by Crippen LogP contribution is -2.12. The highest BCUT2D eigenvalue weighted by atomic mass is 16.6. The lowest BCUT2D eigenvalue weighted by Gasteiger charge is -2.20. The molecule has 8 nitrogen and oxygen atoms in total. The molecule has 0 aliphatic heterocycles. The zero-order chi connectivity index (χ0) is 17.2. The molecule has 1 aliphatic carbocycles. The van der Waals surface area contributed by atoms with Crippen molar-refractivity contribution in [3.63, 3.8) is 0 Å². The number of nitrogens with one attached hydrogen (secondary N) is 1. The van der Waals surface area contributed by atoms with Crippen LogP contribution in [0.5, 0.6) is 0 Å². The Morgan fingerprint density at radius 1 is 1.30 bits per heavy atom. The minimum atomic E-state index is -0.675. The molecule has 0 amide bonds. The van der Waals surface area contributed by atoms with E-state index < -0.39 is 9.85 Å². The number of hydrazone groups is 1. The number of nitro groups is 2. The molecule has 0 aromatic heterocycles. The monoisotopic (exact) mass is 318 g/mol. The Kier molecular flexibility index (Phi) is 4.44. The van der Waals surface area contributed by atoms with E-state index >= 15 is 0 Å². The highest BCUT2D eigenvalue weighted by Gasteiger charge is 2.30. The van der Waals surface area contributed by atoms with Crippen molar-refractivity contribution >= 4 is 23.3 Å². The molecular weight excluding hydrogens is 300 g/mol. The first-order valence-electron chi connectivity index (χ1n) is 7.15. The largest absolute Gasteiger partial charge is 0.301 e. The van der Waals surface area contributed by atoms with Crippen molar-refractivity contribution in [3.8, 4) is 0 Å². The minimum Gasteiger partial charge on any atom is -0.272 e. The van der Waals surface area contributed by atoms with Gasteiger partial charge < -0.3 is 0 Å². The van der Waals surface area contributed by atoms with Crippen LogP contribution in [0, 0.1) is 31.6 Å². The Morgan fingerprint density at radius 3 is 2.52 bits per heavy atom. The summed E-state index contributed by atoms with van der Waals surface area (Å²) in [7, 11) is 0. The molecule has 8 heteroatoms. The van der Waals surface area contributed by atoms with E-state index in [0.29, 0.717) is 5.92 Å². The van der Waals surface area contributed by atoms with Crippen LogP contribution in [0.3, 0.4) is 0 Å². The molecule has 122 valence electrons. The van der Waals surface area contributed by atoms with Gasteiger partial charge in [0.05, 0.1) is 22.1 Å². The third-order valence-electron chi connectivity index (χ3n) is 3.86. The van der Waals surface area contributed by atoms with E-state index in [-0.39, 0.29) is 22.5 Å². The fourth-order valence-corrected chi connectivity index (χ4v) is 2.78. The average Bonchev–Trinajstić information content (AvgIpc) is 2.71. The minimum absolute atomic E-state index is 0.00596. The fourth-order valence-electron chi connectivity index (χ4n) is 2.78. The smallest absolute Gasteiger partial charge is 0.272 e. The Balaban J connectivity index is 2.21. The van der Waals surface area contributed by atoms with E-state index in [1.165, 1.54) is 12.1 Å². The van der Waals surface area contributed by atoms with Crippen molar-refractivity contribution in [3.05, 3.63) is 50.1 Å². The first kappa shape index (κ1) is 16.6. The van der Waals surface area contributed by atoms with Gasteiger partial charge in [0.15, 0.2) is 0 Å². The number of allylic oxidation sites excluding steroid dienone is 2. The number of rotatable bonds is 5. The topological polar surface area (TPSA) is 111 Å². The van der Waals surface area contributed by atoms with Crippen LogP contribution in [0.4, 0.5) is 17.1 Å². The quantitative estimate of drug-likeness (QED) is 0.503. The van der Waals surface area contributed by atoms with E-state index in [0.717, 1.165) is 18.1 Å². The van der Waals surface area contributed by atoms with Gasteiger partial charge in [-0.2, -0.15) is 5.10 Å². The van der Waals surface area contributed by atoms with E-state index in [4.69, 9.17) is 0 Å². The second kappa shape index (κ2) is 6.15. The van der Waals surface area contributed by atoms with Crippen molar-refractivity contribution in [2.24, 2.45) is 16.4 Å². The van der Waals surface area contributed by atoms with Gasteiger partial charge in [-0.15, -0.1) is 0 Å². The Hall–Kier alpha value is -2.77.